The highest BCUT2D eigenvalue weighted by Crippen LogP contribution is 2.23. The van der Waals surface area contributed by atoms with Gasteiger partial charge < -0.3 is 10.1 Å². The van der Waals surface area contributed by atoms with E-state index in [1.54, 1.807) is 24.2 Å². The van der Waals surface area contributed by atoms with Crippen molar-refractivity contribution in [1.29, 1.82) is 5.26 Å². The molecular formula is C11H13N3OS. The third kappa shape index (κ3) is 2.29. The van der Waals surface area contributed by atoms with Crippen molar-refractivity contribution >= 4 is 17.4 Å². The van der Waals surface area contributed by atoms with E-state index in [-0.39, 0.29) is 6.04 Å². The molecule has 84 valence electrons. The molecule has 5 heteroatoms. The molecule has 16 heavy (non-hydrogen) atoms. The molecule has 0 spiro atoms. The fourth-order valence-electron chi connectivity index (χ4n) is 1.71. The minimum absolute atomic E-state index is 0.268. The van der Waals surface area contributed by atoms with Crippen molar-refractivity contribution in [3.05, 3.63) is 24.0 Å². The van der Waals surface area contributed by atoms with Crippen LogP contribution in [-0.2, 0) is 4.74 Å². The summed E-state index contributed by atoms with van der Waals surface area (Å²) < 4.78 is 5.42. The summed E-state index contributed by atoms with van der Waals surface area (Å²) in [5, 5.41) is 12.7. The molecule has 2 unspecified atom stereocenters. The lowest BCUT2D eigenvalue weighted by molar-refractivity contribution is 0.196. The van der Waals surface area contributed by atoms with Gasteiger partial charge in [0.1, 0.15) is 6.07 Å². The average Bonchev–Trinajstić information content (AvgIpc) is 2.77. The minimum Gasteiger partial charge on any atom is -0.378 e. The molecular weight excluding hydrogens is 222 g/mol. The van der Waals surface area contributed by atoms with Crippen LogP contribution in [0.2, 0.25) is 0 Å². The average molecular weight is 235 g/mol. The number of nitriles is 1. The number of nitrogens with zero attached hydrogens (tertiary/aromatic N) is 2. The normalized spacial score (nSPS) is 24.0. The summed E-state index contributed by atoms with van der Waals surface area (Å²) in [5.74, 6) is 0. The maximum atomic E-state index is 8.95. The molecule has 1 N–H and O–H groups in total. The van der Waals surface area contributed by atoms with Crippen LogP contribution in [0.4, 0.5) is 5.69 Å². The van der Waals surface area contributed by atoms with Crippen LogP contribution >= 0.6 is 11.8 Å². The first-order chi connectivity index (χ1) is 7.85. The molecule has 1 aromatic rings. The van der Waals surface area contributed by atoms with Crippen LogP contribution in [0, 0.1) is 11.3 Å². The molecule has 2 rings (SSSR count). The van der Waals surface area contributed by atoms with E-state index in [2.05, 4.69) is 22.6 Å². The van der Waals surface area contributed by atoms with Crippen LogP contribution in [-0.4, -0.2) is 35.7 Å². The number of pyridine rings is 1. The lowest BCUT2D eigenvalue weighted by Crippen LogP contribution is -2.30. The molecule has 0 amide bonds. The first-order valence-electron chi connectivity index (χ1n) is 5.06. The summed E-state index contributed by atoms with van der Waals surface area (Å²) >= 11 is 1.79. The van der Waals surface area contributed by atoms with E-state index >= 15 is 0 Å². The summed E-state index contributed by atoms with van der Waals surface area (Å²) in [6.45, 7) is 1.46. The van der Waals surface area contributed by atoms with E-state index in [1.807, 2.05) is 6.07 Å². The number of anilines is 1. The second-order valence-corrected chi connectivity index (χ2v) is 4.67. The van der Waals surface area contributed by atoms with Gasteiger partial charge >= 0.3 is 0 Å². The molecule has 4 nitrogen and oxygen atoms in total. The minimum atomic E-state index is 0.268. The van der Waals surface area contributed by atoms with Gasteiger partial charge in [-0.25, -0.2) is 0 Å². The topological polar surface area (TPSA) is 57.9 Å². The molecule has 0 aromatic carbocycles. The van der Waals surface area contributed by atoms with Crippen LogP contribution in [0.1, 0.15) is 5.56 Å². The van der Waals surface area contributed by atoms with E-state index in [9.17, 15) is 0 Å². The van der Waals surface area contributed by atoms with E-state index in [4.69, 9.17) is 10.00 Å². The zero-order valence-electron chi connectivity index (χ0n) is 9.01. The second-order valence-electron chi connectivity index (χ2n) is 3.60. The van der Waals surface area contributed by atoms with E-state index in [0.29, 0.717) is 17.4 Å². The Labute approximate surface area is 99.0 Å². The van der Waals surface area contributed by atoms with Crippen LogP contribution in [0.25, 0.3) is 0 Å². The molecule has 0 bridgehead atoms. The van der Waals surface area contributed by atoms with Gasteiger partial charge in [-0.1, -0.05) is 0 Å². The SMILES string of the molecule is CSC1COCC1Nc1ccncc1C#N. The van der Waals surface area contributed by atoms with Gasteiger partial charge in [-0.3, -0.25) is 4.98 Å². The summed E-state index contributed by atoms with van der Waals surface area (Å²) in [7, 11) is 0. The van der Waals surface area contributed by atoms with E-state index in [1.165, 1.54) is 0 Å². The maximum Gasteiger partial charge on any atom is 0.103 e. The Bertz CT molecular complexity index is 404. The first-order valence-corrected chi connectivity index (χ1v) is 6.35. The molecule has 2 heterocycles. The Morgan fingerprint density at radius 2 is 2.50 bits per heavy atom. The molecule has 0 radical (unpaired) electrons. The number of rotatable bonds is 3. The molecule has 1 saturated heterocycles. The van der Waals surface area contributed by atoms with Crippen molar-refractivity contribution in [3.63, 3.8) is 0 Å². The van der Waals surface area contributed by atoms with Crippen LogP contribution < -0.4 is 5.32 Å². The molecule has 2 atom stereocenters. The number of aromatic nitrogens is 1. The van der Waals surface area contributed by atoms with Gasteiger partial charge in [0.25, 0.3) is 0 Å². The molecule has 1 aliphatic heterocycles. The quantitative estimate of drug-likeness (QED) is 0.860. The molecule has 0 aliphatic carbocycles. The smallest absolute Gasteiger partial charge is 0.103 e. The number of hydrogen-bond donors (Lipinski definition) is 1. The Morgan fingerprint density at radius 3 is 3.25 bits per heavy atom. The highest BCUT2D eigenvalue weighted by Gasteiger charge is 2.27. The highest BCUT2D eigenvalue weighted by molar-refractivity contribution is 7.99. The van der Waals surface area contributed by atoms with Crippen molar-refractivity contribution in [1.82, 2.24) is 4.98 Å². The van der Waals surface area contributed by atoms with Gasteiger partial charge in [-0.15, -0.1) is 0 Å². The van der Waals surface area contributed by atoms with Crippen molar-refractivity contribution in [3.8, 4) is 6.07 Å². The first kappa shape index (κ1) is 11.2. The fraction of sp³-hybridized carbons (Fsp3) is 0.455. The number of nitrogens with one attached hydrogen (secondary N) is 1. The van der Waals surface area contributed by atoms with Crippen LogP contribution in [0.15, 0.2) is 18.5 Å². The number of ether oxygens (including phenoxy) is 1. The van der Waals surface area contributed by atoms with Gasteiger partial charge in [0.05, 0.1) is 35.8 Å². The standard InChI is InChI=1S/C11H13N3OS/c1-16-11-7-15-6-10(11)14-9-2-3-13-5-8(9)4-12/h2-3,5,10-11H,6-7H2,1H3,(H,13,14). The van der Waals surface area contributed by atoms with E-state index in [0.717, 1.165) is 12.3 Å². The summed E-state index contributed by atoms with van der Waals surface area (Å²) in [5.41, 5.74) is 1.42. The second kappa shape index (κ2) is 5.19. The van der Waals surface area contributed by atoms with Crippen molar-refractivity contribution in [2.75, 3.05) is 24.8 Å². The van der Waals surface area contributed by atoms with Crippen molar-refractivity contribution in [2.24, 2.45) is 0 Å². The summed E-state index contributed by atoms with van der Waals surface area (Å²) in [6, 6.07) is 4.23. The third-order valence-corrected chi connectivity index (χ3v) is 3.68. The Balaban J connectivity index is 2.12. The lowest BCUT2D eigenvalue weighted by Gasteiger charge is -2.18. The van der Waals surface area contributed by atoms with E-state index < -0.39 is 0 Å². The predicted molar refractivity (Wildman–Crippen MR) is 64.5 cm³/mol. The van der Waals surface area contributed by atoms with Gasteiger partial charge in [-0.2, -0.15) is 17.0 Å². The highest BCUT2D eigenvalue weighted by atomic mass is 32.2. The van der Waals surface area contributed by atoms with Gasteiger partial charge in [0.2, 0.25) is 0 Å². The molecule has 1 aliphatic rings. The fourth-order valence-corrected chi connectivity index (χ4v) is 2.42. The van der Waals surface area contributed by atoms with Gasteiger partial charge in [0.15, 0.2) is 0 Å². The molecule has 1 fully saturated rings. The van der Waals surface area contributed by atoms with Gasteiger partial charge in [-0.05, 0) is 12.3 Å². The Hall–Kier alpha value is -1.25. The largest absolute Gasteiger partial charge is 0.378 e. The third-order valence-electron chi connectivity index (χ3n) is 2.61. The predicted octanol–water partition coefficient (Wildman–Crippen LogP) is 1.50. The number of hydrogen-bond acceptors (Lipinski definition) is 5. The van der Waals surface area contributed by atoms with Crippen LogP contribution in [0.3, 0.4) is 0 Å². The Morgan fingerprint density at radius 1 is 1.62 bits per heavy atom. The summed E-state index contributed by atoms with van der Waals surface area (Å²) in [4.78, 5) is 3.93. The number of thioether (sulfide) groups is 1. The zero-order valence-corrected chi connectivity index (χ0v) is 9.83. The Kier molecular flexibility index (Phi) is 3.65. The molecule has 0 saturated carbocycles. The van der Waals surface area contributed by atoms with Crippen LogP contribution in [0.5, 0.6) is 0 Å². The zero-order chi connectivity index (χ0) is 11.4. The molecule has 1 aromatic heterocycles. The maximum absolute atomic E-state index is 8.95. The lowest BCUT2D eigenvalue weighted by atomic mass is 10.2. The summed E-state index contributed by atoms with van der Waals surface area (Å²) in [6.07, 6.45) is 5.34. The van der Waals surface area contributed by atoms with Crippen molar-refractivity contribution < 1.29 is 4.74 Å². The monoisotopic (exact) mass is 235 g/mol. The van der Waals surface area contributed by atoms with Gasteiger partial charge in [0, 0.05) is 12.4 Å². The van der Waals surface area contributed by atoms with Crippen molar-refractivity contribution in [2.45, 2.75) is 11.3 Å².